The smallest absolute Gasteiger partial charge is 0.159 e. The molecule has 1 aliphatic heterocycles. The molecule has 0 bridgehead atoms. The third-order valence-electron chi connectivity index (χ3n) is 13.7. The first-order valence-electron chi connectivity index (χ1n) is 21.1. The lowest BCUT2D eigenvalue weighted by molar-refractivity contribution is 0.489. The molecule has 2 heteroatoms. The van der Waals surface area contributed by atoms with Crippen LogP contribution in [0.25, 0.3) is 66.4 Å². The molecule has 9 aromatic carbocycles. The van der Waals surface area contributed by atoms with E-state index in [4.69, 9.17) is 4.74 Å². The second-order valence-electron chi connectivity index (χ2n) is 17.7. The number of para-hydroxylation sites is 1. The molecule has 60 heavy (non-hydrogen) atoms. The molecule has 0 N–H and O–H groups in total. The van der Waals surface area contributed by atoms with Crippen LogP contribution in [0.2, 0.25) is 0 Å². The summed E-state index contributed by atoms with van der Waals surface area (Å²) in [6.07, 6.45) is 0. The number of ether oxygens (including phenoxy) is 1. The van der Waals surface area contributed by atoms with Crippen molar-refractivity contribution in [3.8, 4) is 67.1 Å². The molecule has 3 aliphatic rings. The van der Waals surface area contributed by atoms with E-state index in [1.807, 2.05) is 0 Å². The summed E-state index contributed by atoms with van der Waals surface area (Å²) in [7, 11) is 0. The number of benzene rings is 9. The van der Waals surface area contributed by atoms with Gasteiger partial charge < -0.3 is 9.64 Å². The molecule has 0 spiro atoms. The first kappa shape index (κ1) is 34.8. The minimum absolute atomic E-state index is 0.158. The predicted octanol–water partition coefficient (Wildman–Crippen LogP) is 16.0. The average molecular weight is 770 g/mol. The Bertz CT molecular complexity index is 3140. The van der Waals surface area contributed by atoms with Crippen LogP contribution in [0.5, 0.6) is 11.5 Å². The molecule has 0 saturated carbocycles. The Morgan fingerprint density at radius 2 is 0.867 bits per heavy atom. The van der Waals surface area contributed by atoms with Crippen molar-refractivity contribution in [3.63, 3.8) is 0 Å². The molecule has 0 atom stereocenters. The Labute approximate surface area is 352 Å². The molecule has 12 rings (SSSR count). The zero-order chi connectivity index (χ0) is 40.3. The van der Waals surface area contributed by atoms with Crippen LogP contribution in [0.3, 0.4) is 0 Å². The van der Waals surface area contributed by atoms with E-state index in [1.54, 1.807) is 0 Å². The fourth-order valence-electron chi connectivity index (χ4n) is 10.5. The summed E-state index contributed by atoms with van der Waals surface area (Å²) in [5.41, 5.74) is 20.3. The lowest BCUT2D eigenvalue weighted by Crippen LogP contribution is -2.18. The van der Waals surface area contributed by atoms with Crippen LogP contribution in [0.1, 0.15) is 49.9 Å². The minimum Gasteiger partial charge on any atom is -0.454 e. The van der Waals surface area contributed by atoms with E-state index in [2.05, 4.69) is 221 Å². The van der Waals surface area contributed by atoms with E-state index >= 15 is 0 Å². The monoisotopic (exact) mass is 769 g/mol. The fraction of sp³-hybridized carbons (Fsp3) is 0.103. The van der Waals surface area contributed by atoms with Gasteiger partial charge in [-0.25, -0.2) is 0 Å². The second kappa shape index (κ2) is 12.7. The number of fused-ring (bicyclic) bond motifs is 12. The maximum atomic E-state index is 7.38. The standard InChI is InChI=1S/C58H43NO/c1-57(2)50-22-12-10-19-42(50)44-28-26-40(34-52(44)57)59(41-27-29-45-43-20-11-13-23-51(43)58(3,4)53(45)35-41)54-24-14-21-46-47-31-37-17-8-9-18-38(37)32-48(47)49-33-39(36-15-6-5-7-16-36)25-30-55(49)60-56(46)54/h5-35H,1-4H3. The Kier molecular flexibility index (Phi) is 7.36. The molecule has 0 aromatic heterocycles. The number of hydrogen-bond acceptors (Lipinski definition) is 2. The van der Waals surface area contributed by atoms with E-state index < -0.39 is 0 Å². The first-order chi connectivity index (χ1) is 29.3. The summed E-state index contributed by atoms with van der Waals surface area (Å²) in [4.78, 5) is 2.45. The number of anilines is 3. The zero-order valence-electron chi connectivity index (χ0n) is 34.3. The lowest BCUT2D eigenvalue weighted by Gasteiger charge is -2.31. The first-order valence-corrected chi connectivity index (χ1v) is 21.1. The third kappa shape index (κ3) is 5.01. The van der Waals surface area contributed by atoms with Crippen LogP contribution in [-0.4, -0.2) is 0 Å². The van der Waals surface area contributed by atoms with Crippen LogP contribution >= 0.6 is 0 Å². The Hall–Kier alpha value is -7.16. The van der Waals surface area contributed by atoms with Gasteiger partial charge in [0, 0.05) is 33.3 Å². The van der Waals surface area contributed by atoms with Crippen LogP contribution in [0.4, 0.5) is 17.1 Å². The normalized spacial score (nSPS) is 14.4. The van der Waals surface area contributed by atoms with Gasteiger partial charge in [0.2, 0.25) is 0 Å². The molecule has 2 aliphatic carbocycles. The van der Waals surface area contributed by atoms with Gasteiger partial charge in [0.15, 0.2) is 5.75 Å². The molecule has 9 aromatic rings. The van der Waals surface area contributed by atoms with Gasteiger partial charge >= 0.3 is 0 Å². The SMILES string of the molecule is CC1(C)c2ccccc2-c2ccc(N(c3ccc4c(c3)C(C)(C)c3ccccc3-4)c3cccc4c3Oc3ccc(-c5ccccc5)cc3-c3cc5ccccc5cc3-4)cc21. The van der Waals surface area contributed by atoms with Gasteiger partial charge in [-0.2, -0.15) is 0 Å². The quantitative estimate of drug-likeness (QED) is 0.177. The van der Waals surface area contributed by atoms with E-state index in [9.17, 15) is 0 Å². The highest BCUT2D eigenvalue weighted by molar-refractivity contribution is 6.02. The zero-order valence-corrected chi connectivity index (χ0v) is 34.3. The summed E-state index contributed by atoms with van der Waals surface area (Å²) in [5, 5.41) is 2.41. The molecule has 0 fully saturated rings. The van der Waals surface area contributed by atoms with Crippen molar-refractivity contribution in [2.24, 2.45) is 0 Å². The Balaban J connectivity index is 1.12. The van der Waals surface area contributed by atoms with E-state index in [0.717, 1.165) is 56.4 Å². The topological polar surface area (TPSA) is 12.5 Å². The van der Waals surface area contributed by atoms with Crippen molar-refractivity contribution in [1.82, 2.24) is 0 Å². The van der Waals surface area contributed by atoms with Crippen molar-refractivity contribution >= 4 is 27.8 Å². The Morgan fingerprint density at radius 3 is 1.48 bits per heavy atom. The van der Waals surface area contributed by atoms with Crippen molar-refractivity contribution in [2.75, 3.05) is 4.90 Å². The molecule has 2 nitrogen and oxygen atoms in total. The molecule has 0 radical (unpaired) electrons. The predicted molar refractivity (Wildman–Crippen MR) is 250 cm³/mol. The lowest BCUT2D eigenvalue weighted by atomic mass is 9.82. The van der Waals surface area contributed by atoms with Crippen LogP contribution in [0.15, 0.2) is 188 Å². The summed E-state index contributed by atoms with van der Waals surface area (Å²) in [5.74, 6) is 1.68. The van der Waals surface area contributed by atoms with Gasteiger partial charge in [-0.15, -0.1) is 0 Å². The molecule has 0 amide bonds. The highest BCUT2D eigenvalue weighted by atomic mass is 16.5. The fourth-order valence-corrected chi connectivity index (χ4v) is 10.5. The van der Waals surface area contributed by atoms with Gasteiger partial charge in [-0.1, -0.05) is 161 Å². The van der Waals surface area contributed by atoms with Crippen molar-refractivity contribution < 1.29 is 4.74 Å². The third-order valence-corrected chi connectivity index (χ3v) is 13.7. The average Bonchev–Trinajstić information content (AvgIpc) is 3.59. The van der Waals surface area contributed by atoms with E-state index in [-0.39, 0.29) is 10.8 Å². The highest BCUT2D eigenvalue weighted by Crippen LogP contribution is 2.57. The van der Waals surface area contributed by atoms with E-state index in [0.29, 0.717) is 0 Å². The summed E-state index contributed by atoms with van der Waals surface area (Å²) in [6.45, 7) is 9.45. The molecule has 286 valence electrons. The van der Waals surface area contributed by atoms with Gasteiger partial charge in [0.05, 0.1) is 5.69 Å². The summed E-state index contributed by atoms with van der Waals surface area (Å²) < 4.78 is 7.38. The maximum Gasteiger partial charge on any atom is 0.159 e. The van der Waals surface area contributed by atoms with Crippen LogP contribution in [-0.2, 0) is 10.8 Å². The van der Waals surface area contributed by atoms with Crippen molar-refractivity contribution in [1.29, 1.82) is 0 Å². The largest absolute Gasteiger partial charge is 0.454 e. The number of hydrogen-bond donors (Lipinski definition) is 0. The van der Waals surface area contributed by atoms with Gasteiger partial charge in [-0.05, 0) is 132 Å². The van der Waals surface area contributed by atoms with E-state index in [1.165, 1.54) is 60.8 Å². The van der Waals surface area contributed by atoms with Gasteiger partial charge in [0.25, 0.3) is 0 Å². The highest BCUT2D eigenvalue weighted by Gasteiger charge is 2.38. The molecule has 0 saturated heterocycles. The number of nitrogens with zero attached hydrogens (tertiary/aromatic N) is 1. The Morgan fingerprint density at radius 1 is 0.350 bits per heavy atom. The minimum atomic E-state index is -0.158. The molecular formula is C58H43NO. The molecule has 1 heterocycles. The molecular weight excluding hydrogens is 727 g/mol. The second-order valence-corrected chi connectivity index (χ2v) is 17.7. The summed E-state index contributed by atoms with van der Waals surface area (Å²) >= 11 is 0. The maximum absolute atomic E-state index is 7.38. The van der Waals surface area contributed by atoms with Crippen LogP contribution in [0, 0.1) is 0 Å². The van der Waals surface area contributed by atoms with Gasteiger partial charge in [0.1, 0.15) is 5.75 Å². The van der Waals surface area contributed by atoms with Crippen LogP contribution < -0.4 is 9.64 Å². The van der Waals surface area contributed by atoms with Gasteiger partial charge in [-0.3, -0.25) is 0 Å². The van der Waals surface area contributed by atoms with Crippen molar-refractivity contribution in [2.45, 2.75) is 38.5 Å². The number of rotatable bonds is 4. The summed E-state index contributed by atoms with van der Waals surface area (Å²) in [6, 6.07) is 69.3. The van der Waals surface area contributed by atoms with Crippen molar-refractivity contribution in [3.05, 3.63) is 210 Å². The molecule has 0 unspecified atom stereocenters.